The maximum atomic E-state index is 12.8. The molecule has 2 rings (SSSR count). The van der Waals surface area contributed by atoms with Crippen molar-refractivity contribution < 1.29 is 31.1 Å². The van der Waals surface area contributed by atoms with E-state index in [2.05, 4.69) is 5.32 Å². The second-order valence-electron chi connectivity index (χ2n) is 5.44. The maximum absolute atomic E-state index is 12.8. The first-order chi connectivity index (χ1) is 12.0. The molecular weight excluding hydrogens is 384 g/mol. The molecule has 0 amide bonds. The van der Waals surface area contributed by atoms with Gasteiger partial charge < -0.3 is 10.1 Å². The van der Waals surface area contributed by atoms with Gasteiger partial charge in [0.1, 0.15) is 5.75 Å². The Morgan fingerprint density at radius 1 is 0.923 bits per heavy atom. The highest BCUT2D eigenvalue weighted by molar-refractivity contribution is 6.32. The smallest absolute Gasteiger partial charge is 0.416 e. The van der Waals surface area contributed by atoms with Crippen LogP contribution in [0.1, 0.15) is 16.7 Å². The summed E-state index contributed by atoms with van der Waals surface area (Å²) in [5, 5.41) is 2.96. The van der Waals surface area contributed by atoms with E-state index in [9.17, 15) is 26.3 Å². The highest BCUT2D eigenvalue weighted by atomic mass is 35.5. The standard InChI is InChI=1S/C17H14ClF6NO/c1-26-15-3-2-10(6-14(15)18)4-5-25-13-8-11(16(19,20)21)7-12(9-13)17(22,23)24/h2-3,6-9,25H,4-5H2,1H3. The Morgan fingerprint density at radius 2 is 1.50 bits per heavy atom. The van der Waals surface area contributed by atoms with Gasteiger partial charge in [0.2, 0.25) is 0 Å². The second kappa shape index (κ2) is 7.65. The van der Waals surface area contributed by atoms with Crippen LogP contribution in [0.3, 0.4) is 0 Å². The molecule has 0 atom stereocenters. The van der Waals surface area contributed by atoms with Crippen LogP contribution in [0.25, 0.3) is 0 Å². The third-order valence-electron chi connectivity index (χ3n) is 3.55. The quantitative estimate of drug-likeness (QED) is 0.621. The Kier molecular flexibility index (Phi) is 5.95. The van der Waals surface area contributed by atoms with Gasteiger partial charge in [0.05, 0.1) is 23.3 Å². The summed E-state index contributed by atoms with van der Waals surface area (Å²) >= 11 is 5.97. The van der Waals surface area contributed by atoms with E-state index >= 15 is 0 Å². The fourth-order valence-electron chi connectivity index (χ4n) is 2.27. The Bertz CT molecular complexity index is 741. The van der Waals surface area contributed by atoms with Gasteiger partial charge in [-0.25, -0.2) is 0 Å². The van der Waals surface area contributed by atoms with Crippen LogP contribution in [0, 0.1) is 0 Å². The molecule has 0 aliphatic carbocycles. The number of benzene rings is 2. The van der Waals surface area contributed by atoms with Crippen LogP contribution in [-0.2, 0) is 18.8 Å². The van der Waals surface area contributed by atoms with Gasteiger partial charge in [-0.1, -0.05) is 17.7 Å². The van der Waals surface area contributed by atoms with Gasteiger partial charge >= 0.3 is 12.4 Å². The van der Waals surface area contributed by atoms with Crippen molar-refractivity contribution in [3.63, 3.8) is 0 Å². The SMILES string of the molecule is COc1ccc(CCNc2cc(C(F)(F)F)cc(C(F)(F)F)c2)cc1Cl. The van der Waals surface area contributed by atoms with Gasteiger partial charge in [0.15, 0.2) is 0 Å². The number of alkyl halides is 6. The van der Waals surface area contributed by atoms with Crippen LogP contribution >= 0.6 is 11.6 Å². The molecule has 0 unspecified atom stereocenters. The van der Waals surface area contributed by atoms with Gasteiger partial charge in [0.25, 0.3) is 0 Å². The topological polar surface area (TPSA) is 21.3 Å². The average molecular weight is 398 g/mol. The number of hydrogen-bond donors (Lipinski definition) is 1. The third kappa shape index (κ3) is 5.20. The van der Waals surface area contributed by atoms with Crippen molar-refractivity contribution in [1.29, 1.82) is 0 Å². The summed E-state index contributed by atoms with van der Waals surface area (Å²) in [5.41, 5.74) is -2.22. The summed E-state index contributed by atoms with van der Waals surface area (Å²) in [4.78, 5) is 0. The first kappa shape index (κ1) is 20.2. The van der Waals surface area contributed by atoms with E-state index in [1.807, 2.05) is 0 Å². The Labute approximate surface area is 150 Å². The number of methoxy groups -OCH3 is 1. The summed E-state index contributed by atoms with van der Waals surface area (Å²) in [7, 11) is 1.45. The van der Waals surface area contributed by atoms with Crippen molar-refractivity contribution in [3.8, 4) is 5.75 Å². The van der Waals surface area contributed by atoms with Crippen LogP contribution in [0.15, 0.2) is 36.4 Å². The lowest BCUT2D eigenvalue weighted by Crippen LogP contribution is -2.13. The zero-order chi connectivity index (χ0) is 19.5. The first-order valence-electron chi connectivity index (χ1n) is 7.36. The summed E-state index contributed by atoms with van der Waals surface area (Å²) in [5.74, 6) is 0.469. The summed E-state index contributed by atoms with van der Waals surface area (Å²) < 4.78 is 81.9. The third-order valence-corrected chi connectivity index (χ3v) is 3.84. The number of nitrogens with one attached hydrogen (secondary N) is 1. The highest BCUT2D eigenvalue weighted by Crippen LogP contribution is 2.37. The molecule has 142 valence electrons. The molecule has 1 N–H and O–H groups in total. The van der Waals surface area contributed by atoms with Gasteiger partial charge in [-0.3, -0.25) is 0 Å². The Hall–Kier alpha value is -2.09. The fraction of sp³-hybridized carbons (Fsp3) is 0.294. The van der Waals surface area contributed by atoms with Crippen molar-refractivity contribution in [1.82, 2.24) is 0 Å². The van der Waals surface area contributed by atoms with E-state index in [0.717, 1.165) is 5.56 Å². The molecule has 2 aromatic carbocycles. The zero-order valence-electron chi connectivity index (χ0n) is 13.4. The van der Waals surface area contributed by atoms with E-state index in [1.165, 1.54) is 7.11 Å². The number of rotatable bonds is 5. The molecule has 2 aromatic rings. The van der Waals surface area contributed by atoms with Crippen LogP contribution in [0.4, 0.5) is 32.0 Å². The zero-order valence-corrected chi connectivity index (χ0v) is 14.2. The molecule has 2 nitrogen and oxygen atoms in total. The molecular formula is C17H14ClF6NO. The lowest BCUT2D eigenvalue weighted by atomic mass is 10.1. The normalized spacial score (nSPS) is 12.2. The summed E-state index contributed by atoms with van der Waals surface area (Å²) in [6.45, 7) is 0.126. The molecule has 0 bridgehead atoms. The molecule has 26 heavy (non-hydrogen) atoms. The maximum Gasteiger partial charge on any atom is 0.416 e. The van der Waals surface area contributed by atoms with Crippen molar-refractivity contribution in [2.24, 2.45) is 0 Å². The lowest BCUT2D eigenvalue weighted by molar-refractivity contribution is -0.143. The van der Waals surface area contributed by atoms with Gasteiger partial charge in [-0.05, 0) is 42.3 Å². The van der Waals surface area contributed by atoms with E-state index < -0.39 is 23.5 Å². The van der Waals surface area contributed by atoms with E-state index in [1.54, 1.807) is 18.2 Å². The number of hydrogen-bond acceptors (Lipinski definition) is 2. The molecule has 0 aliphatic heterocycles. The van der Waals surface area contributed by atoms with E-state index in [-0.39, 0.29) is 18.3 Å². The fourth-order valence-corrected chi connectivity index (χ4v) is 2.55. The first-order valence-corrected chi connectivity index (χ1v) is 7.74. The van der Waals surface area contributed by atoms with Crippen molar-refractivity contribution in [2.75, 3.05) is 19.0 Å². The number of anilines is 1. The lowest BCUT2D eigenvalue weighted by Gasteiger charge is -2.15. The Balaban J connectivity index is 2.15. The molecule has 0 saturated carbocycles. The molecule has 0 aliphatic rings. The van der Waals surface area contributed by atoms with E-state index in [0.29, 0.717) is 29.3 Å². The van der Waals surface area contributed by atoms with Crippen molar-refractivity contribution >= 4 is 17.3 Å². The van der Waals surface area contributed by atoms with Crippen LogP contribution in [0.2, 0.25) is 5.02 Å². The van der Waals surface area contributed by atoms with Crippen LogP contribution in [-0.4, -0.2) is 13.7 Å². The molecule has 0 spiro atoms. The predicted molar refractivity (Wildman–Crippen MR) is 86.6 cm³/mol. The largest absolute Gasteiger partial charge is 0.495 e. The van der Waals surface area contributed by atoms with E-state index in [4.69, 9.17) is 16.3 Å². The molecule has 9 heteroatoms. The minimum absolute atomic E-state index is 0.0917. The molecule has 0 saturated heterocycles. The Morgan fingerprint density at radius 3 is 1.96 bits per heavy atom. The van der Waals surface area contributed by atoms with Crippen molar-refractivity contribution in [2.45, 2.75) is 18.8 Å². The molecule has 0 fully saturated rings. The second-order valence-corrected chi connectivity index (χ2v) is 5.85. The monoisotopic (exact) mass is 397 g/mol. The molecule has 0 radical (unpaired) electrons. The van der Waals surface area contributed by atoms with Gasteiger partial charge in [-0.2, -0.15) is 26.3 Å². The van der Waals surface area contributed by atoms with Crippen LogP contribution in [0.5, 0.6) is 5.75 Å². The summed E-state index contributed by atoms with van der Waals surface area (Å²) in [6.07, 6.45) is -9.40. The van der Waals surface area contributed by atoms with Crippen molar-refractivity contribution in [3.05, 3.63) is 58.1 Å². The van der Waals surface area contributed by atoms with Gasteiger partial charge in [0, 0.05) is 12.2 Å². The average Bonchev–Trinajstić information content (AvgIpc) is 2.53. The number of ether oxygens (including phenoxy) is 1. The van der Waals surface area contributed by atoms with Gasteiger partial charge in [-0.15, -0.1) is 0 Å². The molecule has 0 aromatic heterocycles. The number of halogens is 7. The van der Waals surface area contributed by atoms with Crippen LogP contribution < -0.4 is 10.1 Å². The highest BCUT2D eigenvalue weighted by Gasteiger charge is 2.36. The predicted octanol–water partition coefficient (Wildman–Crippen LogP) is 6.04. The summed E-state index contributed by atoms with van der Waals surface area (Å²) in [6, 6.07) is 6.35. The minimum atomic E-state index is -4.87. The molecule has 0 heterocycles. The minimum Gasteiger partial charge on any atom is -0.495 e.